The molecule has 2 rings (SSSR count). The minimum absolute atomic E-state index is 0.000994. The molecule has 0 radical (unpaired) electrons. The highest BCUT2D eigenvalue weighted by Gasteiger charge is 2.29. The molecule has 2 fully saturated rings. The number of likely N-dealkylation sites (tertiary alicyclic amines) is 1. The summed E-state index contributed by atoms with van der Waals surface area (Å²) in [5, 5.41) is 2.85. The summed E-state index contributed by atoms with van der Waals surface area (Å²) in [4.78, 5) is 14.2. The number of rotatable bonds is 4. The molecule has 5 nitrogen and oxygen atoms in total. The van der Waals surface area contributed by atoms with Crippen molar-refractivity contribution in [3.63, 3.8) is 0 Å². The van der Waals surface area contributed by atoms with E-state index < -0.39 is 9.84 Å². The van der Waals surface area contributed by atoms with E-state index in [1.165, 1.54) is 19.3 Å². The third kappa shape index (κ3) is 4.45. The SMILES string of the molecule is CN1CCCCC1CCC(=O)NC1CCS(=O)(=O)C1. The highest BCUT2D eigenvalue weighted by atomic mass is 32.2. The van der Waals surface area contributed by atoms with Crippen LogP contribution in [0.1, 0.15) is 38.5 Å². The van der Waals surface area contributed by atoms with Crippen LogP contribution in [0.25, 0.3) is 0 Å². The van der Waals surface area contributed by atoms with E-state index >= 15 is 0 Å². The van der Waals surface area contributed by atoms with Crippen LogP contribution >= 0.6 is 0 Å². The van der Waals surface area contributed by atoms with Gasteiger partial charge in [-0.3, -0.25) is 4.79 Å². The Morgan fingerprint density at radius 1 is 1.32 bits per heavy atom. The molecule has 2 atom stereocenters. The van der Waals surface area contributed by atoms with Gasteiger partial charge in [0, 0.05) is 18.5 Å². The summed E-state index contributed by atoms with van der Waals surface area (Å²) in [7, 11) is -0.792. The Balaban J connectivity index is 1.70. The number of nitrogens with one attached hydrogen (secondary N) is 1. The molecule has 6 heteroatoms. The van der Waals surface area contributed by atoms with Gasteiger partial charge in [0.2, 0.25) is 5.91 Å². The van der Waals surface area contributed by atoms with Crippen molar-refractivity contribution < 1.29 is 13.2 Å². The predicted molar refractivity (Wildman–Crippen MR) is 74.7 cm³/mol. The molecule has 1 N–H and O–H groups in total. The smallest absolute Gasteiger partial charge is 0.220 e. The second kappa shape index (κ2) is 6.22. The molecule has 0 bridgehead atoms. The summed E-state index contributed by atoms with van der Waals surface area (Å²) in [5.41, 5.74) is 0. The molecule has 0 aliphatic carbocycles. The second-order valence-electron chi connectivity index (χ2n) is 5.84. The predicted octanol–water partition coefficient (Wildman–Crippen LogP) is 0.554. The average molecular weight is 288 g/mol. The monoisotopic (exact) mass is 288 g/mol. The van der Waals surface area contributed by atoms with Gasteiger partial charge in [-0.25, -0.2) is 8.42 Å². The fourth-order valence-electron chi connectivity index (χ4n) is 3.02. The Hall–Kier alpha value is -0.620. The van der Waals surface area contributed by atoms with Crippen LogP contribution in [0.15, 0.2) is 0 Å². The minimum atomic E-state index is -2.91. The lowest BCUT2D eigenvalue weighted by Crippen LogP contribution is -2.39. The summed E-state index contributed by atoms with van der Waals surface area (Å²) in [6.07, 6.45) is 5.61. The highest BCUT2D eigenvalue weighted by molar-refractivity contribution is 7.91. The maximum absolute atomic E-state index is 11.8. The number of amides is 1. The van der Waals surface area contributed by atoms with E-state index in [-0.39, 0.29) is 23.5 Å². The van der Waals surface area contributed by atoms with Gasteiger partial charge in [-0.2, -0.15) is 0 Å². The van der Waals surface area contributed by atoms with Crippen LogP contribution in [0.3, 0.4) is 0 Å². The van der Waals surface area contributed by atoms with E-state index in [0.29, 0.717) is 18.9 Å². The van der Waals surface area contributed by atoms with Crippen molar-refractivity contribution in [3.05, 3.63) is 0 Å². The van der Waals surface area contributed by atoms with Gasteiger partial charge in [-0.05, 0) is 39.3 Å². The molecular weight excluding hydrogens is 264 g/mol. The zero-order chi connectivity index (χ0) is 13.9. The van der Waals surface area contributed by atoms with Crippen LogP contribution in [-0.2, 0) is 14.6 Å². The van der Waals surface area contributed by atoms with Gasteiger partial charge in [0.05, 0.1) is 11.5 Å². The first-order valence-corrected chi connectivity index (χ1v) is 8.98. The average Bonchev–Trinajstić information content (AvgIpc) is 2.67. The van der Waals surface area contributed by atoms with Crippen molar-refractivity contribution in [1.29, 1.82) is 0 Å². The summed E-state index contributed by atoms with van der Waals surface area (Å²) in [5.74, 6) is 0.326. The number of hydrogen-bond acceptors (Lipinski definition) is 4. The van der Waals surface area contributed by atoms with Crippen LogP contribution in [0, 0.1) is 0 Å². The molecule has 0 aromatic carbocycles. The first-order chi connectivity index (χ1) is 8.96. The zero-order valence-corrected chi connectivity index (χ0v) is 12.4. The molecule has 1 amide bonds. The van der Waals surface area contributed by atoms with Gasteiger partial charge in [-0.1, -0.05) is 6.42 Å². The lowest BCUT2D eigenvalue weighted by atomic mass is 9.98. The van der Waals surface area contributed by atoms with Gasteiger partial charge in [0.1, 0.15) is 0 Å². The van der Waals surface area contributed by atoms with Crippen molar-refractivity contribution in [2.24, 2.45) is 0 Å². The van der Waals surface area contributed by atoms with E-state index in [1.54, 1.807) is 0 Å². The van der Waals surface area contributed by atoms with Gasteiger partial charge in [0.15, 0.2) is 9.84 Å². The third-order valence-electron chi connectivity index (χ3n) is 4.22. The lowest BCUT2D eigenvalue weighted by molar-refractivity contribution is -0.122. The van der Waals surface area contributed by atoms with E-state index in [0.717, 1.165) is 13.0 Å². The number of nitrogens with zero attached hydrogens (tertiary/aromatic N) is 1. The normalized spacial score (nSPS) is 31.2. The number of carbonyl (C=O) groups excluding carboxylic acids is 1. The Morgan fingerprint density at radius 3 is 2.74 bits per heavy atom. The molecular formula is C13H24N2O3S. The third-order valence-corrected chi connectivity index (χ3v) is 5.99. The molecule has 2 aliphatic rings. The van der Waals surface area contributed by atoms with Gasteiger partial charge in [0.25, 0.3) is 0 Å². The Labute approximate surface area is 115 Å². The maximum atomic E-state index is 11.8. The summed E-state index contributed by atoms with van der Waals surface area (Å²) < 4.78 is 22.6. The van der Waals surface area contributed by atoms with E-state index in [1.807, 2.05) is 0 Å². The molecule has 0 aromatic rings. The van der Waals surface area contributed by atoms with Crippen LogP contribution in [-0.4, -0.2) is 56.4 Å². The van der Waals surface area contributed by atoms with Crippen molar-refractivity contribution in [2.45, 2.75) is 50.6 Å². The fourth-order valence-corrected chi connectivity index (χ4v) is 4.69. The van der Waals surface area contributed by atoms with Gasteiger partial charge >= 0.3 is 0 Å². The summed E-state index contributed by atoms with van der Waals surface area (Å²) in [6, 6.07) is 0.341. The molecule has 2 saturated heterocycles. The number of sulfone groups is 1. The molecule has 0 saturated carbocycles. The maximum Gasteiger partial charge on any atom is 0.220 e. The van der Waals surface area contributed by atoms with E-state index in [4.69, 9.17) is 0 Å². The quantitative estimate of drug-likeness (QED) is 0.820. The molecule has 110 valence electrons. The Morgan fingerprint density at radius 2 is 2.11 bits per heavy atom. The number of piperidine rings is 1. The molecule has 2 unspecified atom stereocenters. The number of hydrogen-bond donors (Lipinski definition) is 1. The van der Waals surface area contributed by atoms with Crippen LogP contribution < -0.4 is 5.32 Å². The largest absolute Gasteiger partial charge is 0.352 e. The Kier molecular flexibility index (Phi) is 4.84. The van der Waals surface area contributed by atoms with Crippen molar-refractivity contribution in [3.8, 4) is 0 Å². The van der Waals surface area contributed by atoms with Crippen LogP contribution in [0.2, 0.25) is 0 Å². The van der Waals surface area contributed by atoms with Gasteiger partial charge in [-0.15, -0.1) is 0 Å². The molecule has 2 aliphatic heterocycles. The Bertz CT molecular complexity index is 422. The van der Waals surface area contributed by atoms with Crippen molar-refractivity contribution >= 4 is 15.7 Å². The second-order valence-corrected chi connectivity index (χ2v) is 8.07. The minimum Gasteiger partial charge on any atom is -0.352 e. The molecule has 0 aromatic heterocycles. The van der Waals surface area contributed by atoms with E-state index in [2.05, 4.69) is 17.3 Å². The molecule has 19 heavy (non-hydrogen) atoms. The van der Waals surface area contributed by atoms with E-state index in [9.17, 15) is 13.2 Å². The fraction of sp³-hybridized carbons (Fsp3) is 0.923. The lowest BCUT2D eigenvalue weighted by Gasteiger charge is -2.32. The molecule has 0 spiro atoms. The first-order valence-electron chi connectivity index (χ1n) is 7.16. The molecule has 2 heterocycles. The summed E-state index contributed by atoms with van der Waals surface area (Å²) >= 11 is 0. The van der Waals surface area contributed by atoms with Crippen molar-refractivity contribution in [1.82, 2.24) is 10.2 Å². The van der Waals surface area contributed by atoms with Gasteiger partial charge < -0.3 is 10.2 Å². The highest BCUT2D eigenvalue weighted by Crippen LogP contribution is 2.19. The van der Waals surface area contributed by atoms with Crippen LogP contribution in [0.4, 0.5) is 0 Å². The van der Waals surface area contributed by atoms with Crippen molar-refractivity contribution in [2.75, 3.05) is 25.1 Å². The standard InChI is InChI=1S/C13H24N2O3S/c1-15-8-3-2-4-12(15)5-6-13(16)14-11-7-9-19(17,18)10-11/h11-12H,2-10H2,1H3,(H,14,16). The first kappa shape index (κ1) is 14.8. The number of carbonyl (C=O) groups is 1. The summed E-state index contributed by atoms with van der Waals surface area (Å²) in [6.45, 7) is 1.12. The zero-order valence-electron chi connectivity index (χ0n) is 11.6. The topological polar surface area (TPSA) is 66.5 Å². The van der Waals surface area contributed by atoms with Crippen LogP contribution in [0.5, 0.6) is 0 Å².